The van der Waals surface area contributed by atoms with E-state index in [4.69, 9.17) is 0 Å². The maximum absolute atomic E-state index is 4.27. The summed E-state index contributed by atoms with van der Waals surface area (Å²) in [5, 5.41) is 6.79. The number of rotatable bonds is 4. The van der Waals surface area contributed by atoms with Crippen molar-refractivity contribution in [1.29, 1.82) is 0 Å². The van der Waals surface area contributed by atoms with Gasteiger partial charge in [-0.3, -0.25) is 4.99 Å². The van der Waals surface area contributed by atoms with Gasteiger partial charge in [0.1, 0.15) is 0 Å². The van der Waals surface area contributed by atoms with Gasteiger partial charge in [-0.1, -0.05) is 24.3 Å². The molecule has 0 radical (unpaired) electrons. The smallest absolute Gasteiger partial charge is 0.191 e. The molecule has 0 heterocycles. The molecule has 5 heteroatoms. The predicted octanol–water partition coefficient (Wildman–Crippen LogP) is 2.75. The Morgan fingerprint density at radius 1 is 1.19 bits per heavy atom. The Kier molecular flexibility index (Phi) is 7.56. The van der Waals surface area contributed by atoms with Crippen molar-refractivity contribution in [2.24, 2.45) is 4.99 Å². The fourth-order valence-corrected chi connectivity index (χ4v) is 2.22. The molecule has 0 saturated heterocycles. The molecule has 4 nitrogen and oxygen atoms in total. The van der Waals surface area contributed by atoms with Crippen LogP contribution in [0.5, 0.6) is 0 Å². The number of hydrogen-bond donors (Lipinski definition) is 2. The minimum absolute atomic E-state index is 0. The average molecular weight is 400 g/mol. The maximum Gasteiger partial charge on any atom is 0.191 e. The van der Waals surface area contributed by atoms with Gasteiger partial charge in [-0.2, -0.15) is 0 Å². The molecule has 0 bridgehead atoms. The Hall–Kier alpha value is -1.24. The molecular weight excluding hydrogens is 375 g/mol. The van der Waals surface area contributed by atoms with Crippen LogP contribution >= 0.6 is 24.0 Å². The topological polar surface area (TPSA) is 39.7 Å². The van der Waals surface area contributed by atoms with Crippen molar-refractivity contribution >= 4 is 35.6 Å². The molecule has 2 N–H and O–H groups in total. The molecule has 0 atom stereocenters. The zero-order valence-electron chi connectivity index (χ0n) is 13.0. The first-order chi connectivity index (χ1) is 9.69. The van der Waals surface area contributed by atoms with Crippen molar-refractivity contribution < 1.29 is 0 Å². The standard InChI is InChI=1S/C16H24N4.HI/c1-17-16(19-14-6-4-5-7-14)18-12-13-8-10-15(11-9-13)20(2)3;/h4-5,8-11,14H,6-7,12H2,1-3H3,(H2,17,18,19);1H. The monoisotopic (exact) mass is 400 g/mol. The first kappa shape index (κ1) is 17.8. The number of anilines is 1. The van der Waals surface area contributed by atoms with Gasteiger partial charge in [0.2, 0.25) is 0 Å². The number of hydrogen-bond acceptors (Lipinski definition) is 2. The van der Waals surface area contributed by atoms with Gasteiger partial charge in [-0.15, -0.1) is 24.0 Å². The number of halogens is 1. The van der Waals surface area contributed by atoms with Crippen LogP contribution in [-0.2, 0) is 6.54 Å². The lowest BCUT2D eigenvalue weighted by molar-refractivity contribution is 0.633. The first-order valence-electron chi connectivity index (χ1n) is 7.07. The van der Waals surface area contributed by atoms with Crippen molar-refractivity contribution in [1.82, 2.24) is 10.6 Å². The number of aliphatic imine (C=N–C) groups is 1. The minimum atomic E-state index is 0. The van der Waals surface area contributed by atoms with E-state index < -0.39 is 0 Å². The predicted molar refractivity (Wildman–Crippen MR) is 102 cm³/mol. The highest BCUT2D eigenvalue weighted by atomic mass is 127. The van der Waals surface area contributed by atoms with E-state index in [1.807, 2.05) is 7.05 Å². The summed E-state index contributed by atoms with van der Waals surface area (Å²) in [6, 6.07) is 9.04. The molecule has 116 valence electrons. The zero-order chi connectivity index (χ0) is 14.4. The number of nitrogens with one attached hydrogen (secondary N) is 2. The average Bonchev–Trinajstić information content (AvgIpc) is 2.96. The fraction of sp³-hybridized carbons (Fsp3) is 0.438. The van der Waals surface area contributed by atoms with Gasteiger partial charge in [0.15, 0.2) is 5.96 Å². The Balaban J connectivity index is 0.00000220. The molecule has 2 rings (SSSR count). The quantitative estimate of drug-likeness (QED) is 0.354. The van der Waals surface area contributed by atoms with Crippen LogP contribution in [0.1, 0.15) is 18.4 Å². The lowest BCUT2D eigenvalue weighted by Gasteiger charge is -2.17. The van der Waals surface area contributed by atoms with Crippen LogP contribution in [0, 0.1) is 0 Å². The Bertz CT molecular complexity index is 472. The highest BCUT2D eigenvalue weighted by Crippen LogP contribution is 2.12. The Labute approximate surface area is 144 Å². The summed E-state index contributed by atoms with van der Waals surface area (Å²) in [7, 11) is 5.91. The van der Waals surface area contributed by atoms with E-state index in [1.54, 1.807) is 0 Å². The van der Waals surface area contributed by atoms with Crippen LogP contribution in [-0.4, -0.2) is 33.1 Å². The molecule has 1 aliphatic carbocycles. The summed E-state index contributed by atoms with van der Waals surface area (Å²) in [5.41, 5.74) is 2.47. The van der Waals surface area contributed by atoms with Crippen molar-refractivity contribution in [2.45, 2.75) is 25.4 Å². The first-order valence-corrected chi connectivity index (χ1v) is 7.07. The molecule has 0 fully saturated rings. The molecule has 0 spiro atoms. The highest BCUT2D eigenvalue weighted by molar-refractivity contribution is 14.0. The van der Waals surface area contributed by atoms with E-state index in [9.17, 15) is 0 Å². The van der Waals surface area contributed by atoms with Gasteiger partial charge in [0, 0.05) is 39.4 Å². The largest absolute Gasteiger partial charge is 0.378 e. The molecule has 0 unspecified atom stereocenters. The summed E-state index contributed by atoms with van der Waals surface area (Å²) in [5.74, 6) is 0.871. The fourth-order valence-electron chi connectivity index (χ4n) is 2.22. The Morgan fingerprint density at radius 2 is 1.81 bits per heavy atom. The van der Waals surface area contributed by atoms with E-state index in [0.717, 1.165) is 25.3 Å². The third-order valence-electron chi connectivity index (χ3n) is 3.49. The van der Waals surface area contributed by atoms with Crippen molar-refractivity contribution in [3.8, 4) is 0 Å². The molecule has 0 aromatic heterocycles. The molecule has 0 saturated carbocycles. The zero-order valence-corrected chi connectivity index (χ0v) is 15.3. The summed E-state index contributed by atoms with van der Waals surface area (Å²) < 4.78 is 0. The second-order valence-electron chi connectivity index (χ2n) is 5.27. The van der Waals surface area contributed by atoms with E-state index in [-0.39, 0.29) is 24.0 Å². The van der Waals surface area contributed by atoms with Crippen LogP contribution in [0.15, 0.2) is 41.4 Å². The third kappa shape index (κ3) is 5.57. The van der Waals surface area contributed by atoms with Crippen molar-refractivity contribution in [2.75, 3.05) is 26.0 Å². The van der Waals surface area contributed by atoms with Crippen LogP contribution in [0.2, 0.25) is 0 Å². The number of guanidine groups is 1. The number of benzene rings is 1. The summed E-state index contributed by atoms with van der Waals surface area (Å²) >= 11 is 0. The molecular formula is C16H25IN4. The SMILES string of the molecule is CN=C(NCc1ccc(N(C)C)cc1)NC1CC=CC1.I. The minimum Gasteiger partial charge on any atom is -0.378 e. The van der Waals surface area contributed by atoms with E-state index in [1.165, 1.54) is 11.3 Å². The van der Waals surface area contributed by atoms with E-state index in [0.29, 0.717) is 6.04 Å². The van der Waals surface area contributed by atoms with Crippen molar-refractivity contribution in [3.05, 3.63) is 42.0 Å². The summed E-state index contributed by atoms with van der Waals surface area (Å²) in [6.45, 7) is 0.785. The summed E-state index contributed by atoms with van der Waals surface area (Å²) in [6.07, 6.45) is 6.59. The maximum atomic E-state index is 4.27. The van der Waals surface area contributed by atoms with E-state index in [2.05, 4.69) is 71.0 Å². The van der Waals surface area contributed by atoms with Gasteiger partial charge >= 0.3 is 0 Å². The van der Waals surface area contributed by atoms with Crippen LogP contribution in [0.4, 0.5) is 5.69 Å². The van der Waals surface area contributed by atoms with Gasteiger partial charge in [0.25, 0.3) is 0 Å². The Morgan fingerprint density at radius 3 is 2.33 bits per heavy atom. The molecule has 0 aliphatic heterocycles. The van der Waals surface area contributed by atoms with E-state index >= 15 is 0 Å². The second kappa shape index (κ2) is 8.92. The summed E-state index contributed by atoms with van der Waals surface area (Å²) in [4.78, 5) is 6.37. The highest BCUT2D eigenvalue weighted by Gasteiger charge is 2.11. The van der Waals surface area contributed by atoms with Gasteiger partial charge < -0.3 is 15.5 Å². The molecule has 1 aromatic rings. The second-order valence-corrected chi connectivity index (χ2v) is 5.27. The molecule has 0 amide bonds. The van der Waals surface area contributed by atoms with Crippen LogP contribution < -0.4 is 15.5 Å². The van der Waals surface area contributed by atoms with Crippen LogP contribution in [0.25, 0.3) is 0 Å². The molecule has 1 aromatic carbocycles. The lowest BCUT2D eigenvalue weighted by Crippen LogP contribution is -2.42. The number of nitrogens with zero attached hydrogens (tertiary/aromatic N) is 2. The normalized spacial score (nSPS) is 14.7. The third-order valence-corrected chi connectivity index (χ3v) is 3.49. The van der Waals surface area contributed by atoms with Gasteiger partial charge in [-0.05, 0) is 30.5 Å². The molecule has 1 aliphatic rings. The lowest BCUT2D eigenvalue weighted by atomic mass is 10.2. The van der Waals surface area contributed by atoms with Gasteiger partial charge in [0.05, 0.1) is 0 Å². The van der Waals surface area contributed by atoms with Gasteiger partial charge in [-0.25, -0.2) is 0 Å². The van der Waals surface area contributed by atoms with Crippen molar-refractivity contribution in [3.63, 3.8) is 0 Å². The molecule has 21 heavy (non-hydrogen) atoms. The van der Waals surface area contributed by atoms with Crippen LogP contribution in [0.3, 0.4) is 0 Å².